The molecule has 0 aliphatic carbocycles. The normalized spacial score (nSPS) is 15.5. The largest absolute Gasteiger partial charge is 0.460 e. The van der Waals surface area contributed by atoms with Crippen molar-refractivity contribution >= 4 is 17.8 Å². The lowest BCUT2D eigenvalue weighted by Gasteiger charge is -2.31. The molecule has 1 fully saturated rings. The maximum absolute atomic E-state index is 12.6. The smallest absolute Gasteiger partial charge is 0.306 e. The summed E-state index contributed by atoms with van der Waals surface area (Å²) in [6.07, 6.45) is 21.4. The highest BCUT2D eigenvalue weighted by Gasteiger charge is 2.29. The summed E-state index contributed by atoms with van der Waals surface area (Å²) in [4.78, 5) is 39.0. The minimum Gasteiger partial charge on any atom is -0.460 e. The van der Waals surface area contributed by atoms with Crippen LogP contribution in [0.2, 0.25) is 0 Å². The standard InChI is InChI=1S/C36H68N2O6/c1-7-8-9-10-11-12-13-14-15-16-17-18-19-20-21-22-33(40)38-28-25-31(29-38)44-34(41)24-23-32(39)37-27-26-35(2,3)43-30-36(4,5)42-6/h31H,7-30H2,1-6H3,(H,37,39). The molecule has 0 aromatic heterocycles. The first-order valence-corrected chi connectivity index (χ1v) is 17.9. The SMILES string of the molecule is CCCCCCCCCCCCCCCCCC(=O)N1CCC(OC(=O)CCC(=O)NCCC(C)(C)OCC(C)(C)OC)C1. The molecule has 0 bridgehead atoms. The van der Waals surface area contributed by atoms with Crippen molar-refractivity contribution in [3.05, 3.63) is 0 Å². The van der Waals surface area contributed by atoms with Crippen LogP contribution in [0.5, 0.6) is 0 Å². The van der Waals surface area contributed by atoms with Gasteiger partial charge in [0.1, 0.15) is 6.10 Å². The Morgan fingerprint density at radius 3 is 1.84 bits per heavy atom. The van der Waals surface area contributed by atoms with Crippen molar-refractivity contribution in [3.8, 4) is 0 Å². The molecule has 258 valence electrons. The molecule has 1 atom stereocenters. The predicted octanol–water partition coefficient (Wildman–Crippen LogP) is 7.90. The van der Waals surface area contributed by atoms with E-state index in [4.69, 9.17) is 14.2 Å². The van der Waals surface area contributed by atoms with Crippen LogP contribution in [0.4, 0.5) is 0 Å². The summed E-state index contributed by atoms with van der Waals surface area (Å²) in [5, 5.41) is 2.86. The molecule has 1 N–H and O–H groups in total. The van der Waals surface area contributed by atoms with Crippen LogP contribution in [0.1, 0.15) is 163 Å². The molecule has 8 heteroatoms. The number of carbonyl (C=O) groups is 3. The molecule has 1 unspecified atom stereocenters. The molecule has 0 saturated carbocycles. The van der Waals surface area contributed by atoms with E-state index in [1.807, 2.05) is 32.6 Å². The fourth-order valence-electron chi connectivity index (χ4n) is 5.41. The zero-order chi connectivity index (χ0) is 32.7. The molecule has 1 saturated heterocycles. The van der Waals surface area contributed by atoms with E-state index in [0.29, 0.717) is 45.5 Å². The number of hydrogen-bond acceptors (Lipinski definition) is 6. The van der Waals surface area contributed by atoms with Crippen molar-refractivity contribution in [2.45, 2.75) is 180 Å². The molecule has 1 aliphatic heterocycles. The fraction of sp³-hybridized carbons (Fsp3) is 0.917. The van der Waals surface area contributed by atoms with E-state index in [0.717, 1.165) is 12.8 Å². The van der Waals surface area contributed by atoms with Crippen molar-refractivity contribution in [2.75, 3.05) is 33.4 Å². The molecule has 2 amide bonds. The lowest BCUT2D eigenvalue weighted by atomic mass is 10.0. The van der Waals surface area contributed by atoms with Crippen molar-refractivity contribution < 1.29 is 28.6 Å². The predicted molar refractivity (Wildman–Crippen MR) is 179 cm³/mol. The summed E-state index contributed by atoms with van der Waals surface area (Å²) in [5.41, 5.74) is -0.768. The van der Waals surface area contributed by atoms with Gasteiger partial charge in [-0.1, -0.05) is 96.8 Å². The number of unbranched alkanes of at least 4 members (excludes halogenated alkanes) is 14. The summed E-state index contributed by atoms with van der Waals surface area (Å²) in [5.74, 6) is -0.399. The Balaban J connectivity index is 2.03. The van der Waals surface area contributed by atoms with E-state index in [1.165, 1.54) is 83.5 Å². The van der Waals surface area contributed by atoms with Gasteiger partial charge < -0.3 is 24.4 Å². The zero-order valence-electron chi connectivity index (χ0n) is 29.4. The minimum absolute atomic E-state index is 0.0390. The summed E-state index contributed by atoms with van der Waals surface area (Å²) in [6, 6.07) is 0. The van der Waals surface area contributed by atoms with Crippen LogP contribution in [0.15, 0.2) is 0 Å². The number of esters is 1. The Bertz CT molecular complexity index is 785. The van der Waals surface area contributed by atoms with Gasteiger partial charge in [-0.25, -0.2) is 0 Å². The lowest BCUT2D eigenvalue weighted by molar-refractivity contribution is -0.150. The number of nitrogens with one attached hydrogen (secondary N) is 1. The van der Waals surface area contributed by atoms with Gasteiger partial charge in [0.15, 0.2) is 0 Å². The third-order valence-electron chi connectivity index (χ3n) is 8.76. The van der Waals surface area contributed by atoms with Crippen LogP contribution in [0.25, 0.3) is 0 Å². The Morgan fingerprint density at radius 2 is 1.30 bits per heavy atom. The van der Waals surface area contributed by atoms with Gasteiger partial charge >= 0.3 is 5.97 Å². The number of methoxy groups -OCH3 is 1. The number of ether oxygens (including phenoxy) is 3. The summed E-state index contributed by atoms with van der Waals surface area (Å²) in [6.45, 7) is 12.2. The van der Waals surface area contributed by atoms with E-state index >= 15 is 0 Å². The van der Waals surface area contributed by atoms with Gasteiger partial charge in [-0.05, 0) is 40.5 Å². The van der Waals surface area contributed by atoms with Crippen molar-refractivity contribution in [2.24, 2.45) is 0 Å². The van der Waals surface area contributed by atoms with Crippen molar-refractivity contribution in [3.63, 3.8) is 0 Å². The highest BCUT2D eigenvalue weighted by Crippen LogP contribution is 2.19. The summed E-state index contributed by atoms with van der Waals surface area (Å²) in [7, 11) is 1.66. The lowest BCUT2D eigenvalue weighted by Crippen LogP contribution is -2.38. The maximum atomic E-state index is 12.6. The monoisotopic (exact) mass is 625 g/mol. The van der Waals surface area contributed by atoms with Crippen molar-refractivity contribution in [1.29, 1.82) is 0 Å². The molecule has 1 rings (SSSR count). The van der Waals surface area contributed by atoms with Crippen LogP contribution in [-0.2, 0) is 28.6 Å². The Labute approximate surface area is 270 Å². The van der Waals surface area contributed by atoms with E-state index in [1.54, 1.807) is 7.11 Å². The van der Waals surface area contributed by atoms with Crippen LogP contribution >= 0.6 is 0 Å². The molecule has 0 aromatic carbocycles. The third kappa shape index (κ3) is 21.1. The molecular formula is C36H68N2O6. The number of likely N-dealkylation sites (tertiary alicyclic amines) is 1. The topological polar surface area (TPSA) is 94.2 Å². The molecule has 0 spiro atoms. The van der Waals surface area contributed by atoms with E-state index in [2.05, 4.69) is 12.2 Å². The van der Waals surface area contributed by atoms with Crippen LogP contribution in [0, 0.1) is 0 Å². The Hall–Kier alpha value is -1.67. The molecule has 0 aromatic rings. The van der Waals surface area contributed by atoms with Crippen LogP contribution in [0.3, 0.4) is 0 Å². The van der Waals surface area contributed by atoms with Gasteiger partial charge in [-0.15, -0.1) is 0 Å². The molecule has 0 radical (unpaired) electrons. The number of amides is 2. The quantitative estimate of drug-likeness (QED) is 0.0738. The first kappa shape index (κ1) is 40.4. The van der Waals surface area contributed by atoms with Crippen LogP contribution in [-0.4, -0.2) is 73.3 Å². The molecule has 8 nitrogen and oxygen atoms in total. The number of rotatable bonds is 27. The molecule has 1 heterocycles. The Morgan fingerprint density at radius 1 is 0.750 bits per heavy atom. The maximum Gasteiger partial charge on any atom is 0.306 e. The molecule has 44 heavy (non-hydrogen) atoms. The van der Waals surface area contributed by atoms with Gasteiger partial charge in [0.05, 0.1) is 30.8 Å². The first-order valence-electron chi connectivity index (χ1n) is 17.9. The van der Waals surface area contributed by atoms with Gasteiger partial charge in [0, 0.05) is 39.5 Å². The fourth-order valence-corrected chi connectivity index (χ4v) is 5.41. The van der Waals surface area contributed by atoms with Crippen LogP contribution < -0.4 is 5.32 Å². The number of nitrogens with zero attached hydrogens (tertiary/aromatic N) is 1. The second kappa shape index (κ2) is 23.6. The number of carbonyl (C=O) groups excluding carboxylic acids is 3. The van der Waals surface area contributed by atoms with Gasteiger partial charge in [-0.3, -0.25) is 14.4 Å². The minimum atomic E-state index is -0.403. The van der Waals surface area contributed by atoms with Crippen molar-refractivity contribution in [1.82, 2.24) is 10.2 Å². The second-order valence-electron chi connectivity index (χ2n) is 14.1. The zero-order valence-corrected chi connectivity index (χ0v) is 29.4. The van der Waals surface area contributed by atoms with Gasteiger partial charge in [0.25, 0.3) is 0 Å². The second-order valence-corrected chi connectivity index (χ2v) is 14.1. The van der Waals surface area contributed by atoms with Gasteiger partial charge in [-0.2, -0.15) is 0 Å². The van der Waals surface area contributed by atoms with E-state index in [9.17, 15) is 14.4 Å². The van der Waals surface area contributed by atoms with Gasteiger partial charge in [0.2, 0.25) is 11.8 Å². The molecule has 1 aliphatic rings. The Kier molecular flexibility index (Phi) is 21.7. The summed E-state index contributed by atoms with van der Waals surface area (Å²) >= 11 is 0. The average Bonchev–Trinajstić information content (AvgIpc) is 3.45. The number of hydrogen-bond donors (Lipinski definition) is 1. The first-order chi connectivity index (χ1) is 21.0. The highest BCUT2D eigenvalue weighted by molar-refractivity contribution is 5.81. The summed E-state index contributed by atoms with van der Waals surface area (Å²) < 4.78 is 16.9. The molecular weight excluding hydrogens is 556 g/mol. The third-order valence-corrected chi connectivity index (χ3v) is 8.76. The highest BCUT2D eigenvalue weighted by atomic mass is 16.5. The van der Waals surface area contributed by atoms with E-state index in [-0.39, 0.29) is 42.3 Å². The average molecular weight is 625 g/mol. The van der Waals surface area contributed by atoms with E-state index < -0.39 is 5.60 Å².